The quantitative estimate of drug-likeness (QED) is 0.867. The molecule has 2 unspecified atom stereocenters. The summed E-state index contributed by atoms with van der Waals surface area (Å²) in [6, 6.07) is 10.8. The molecular weight excluding hydrogens is 274 g/mol. The van der Waals surface area contributed by atoms with E-state index >= 15 is 0 Å². The number of carbonyl (C=O) groups is 1. The molecule has 3 rings (SSSR count). The van der Waals surface area contributed by atoms with E-state index in [9.17, 15) is 4.79 Å². The van der Waals surface area contributed by atoms with Gasteiger partial charge in [0, 0.05) is 12.6 Å². The first-order chi connectivity index (χ1) is 10.6. The van der Waals surface area contributed by atoms with Crippen LogP contribution in [0, 0.1) is 0 Å². The fraction of sp³-hybridized carbons (Fsp3) is 0.500. The Morgan fingerprint density at radius 3 is 2.77 bits per heavy atom. The molecule has 0 spiro atoms. The lowest BCUT2D eigenvalue weighted by molar-refractivity contribution is 0.196. The first-order valence-electron chi connectivity index (χ1n) is 8.09. The smallest absolute Gasteiger partial charge is 0.318 e. The van der Waals surface area contributed by atoms with Gasteiger partial charge in [0.25, 0.3) is 0 Å². The van der Waals surface area contributed by atoms with Crippen LogP contribution in [0.5, 0.6) is 0 Å². The third kappa shape index (κ3) is 2.75. The number of hydrogen-bond acceptors (Lipinski definition) is 2. The van der Waals surface area contributed by atoms with Crippen molar-refractivity contribution >= 4 is 6.03 Å². The number of urea groups is 1. The van der Waals surface area contributed by atoms with E-state index in [1.165, 1.54) is 5.56 Å². The van der Waals surface area contributed by atoms with Gasteiger partial charge in [0.15, 0.2) is 0 Å². The minimum atomic E-state index is -0.300. The number of carbonyl (C=O) groups excluding carboxylic acids is 1. The van der Waals surface area contributed by atoms with Gasteiger partial charge in [-0.15, -0.1) is 0 Å². The van der Waals surface area contributed by atoms with Crippen LogP contribution in [0.1, 0.15) is 25.3 Å². The lowest BCUT2D eigenvalue weighted by Gasteiger charge is -2.29. The topological polar surface area (TPSA) is 35.6 Å². The number of likely N-dealkylation sites (N-methyl/N-ethyl adjacent to an activating group) is 1. The van der Waals surface area contributed by atoms with E-state index in [0.717, 1.165) is 32.5 Å². The summed E-state index contributed by atoms with van der Waals surface area (Å²) in [6.07, 6.45) is 6.11. The van der Waals surface area contributed by atoms with Crippen LogP contribution in [-0.2, 0) is 5.54 Å². The predicted octanol–water partition coefficient (Wildman–Crippen LogP) is 2.58. The molecule has 2 atom stereocenters. The van der Waals surface area contributed by atoms with E-state index in [4.69, 9.17) is 0 Å². The Bertz CT molecular complexity index is 557. The maximum Gasteiger partial charge on any atom is 0.318 e. The molecule has 4 nitrogen and oxygen atoms in total. The molecule has 0 aromatic heterocycles. The molecule has 1 aromatic rings. The van der Waals surface area contributed by atoms with Gasteiger partial charge in [-0.2, -0.15) is 0 Å². The molecular formula is C18H25N3O. The Balaban J connectivity index is 1.87. The minimum absolute atomic E-state index is 0.0775. The summed E-state index contributed by atoms with van der Waals surface area (Å²) in [6.45, 7) is 4.82. The average Bonchev–Trinajstić information content (AvgIpc) is 3.10. The second-order valence-corrected chi connectivity index (χ2v) is 6.48. The van der Waals surface area contributed by atoms with Crippen LogP contribution in [0.25, 0.3) is 0 Å². The first-order valence-corrected chi connectivity index (χ1v) is 8.09. The average molecular weight is 299 g/mol. The van der Waals surface area contributed by atoms with Crippen molar-refractivity contribution in [2.75, 3.05) is 26.7 Å². The Morgan fingerprint density at radius 1 is 1.36 bits per heavy atom. The molecule has 2 aliphatic rings. The predicted molar refractivity (Wildman–Crippen MR) is 88.7 cm³/mol. The molecule has 0 radical (unpaired) electrons. The van der Waals surface area contributed by atoms with Crippen LogP contribution < -0.4 is 5.32 Å². The standard InChI is InChI=1S/C18H25N3O/c1-3-4-11-18(15-8-6-5-7-9-15)14-21(17(22)19-18)16-10-12-20(2)13-16/h3-9,16H,10-14H2,1-2H3,(H,19,22)/b4-3-. The summed E-state index contributed by atoms with van der Waals surface area (Å²) >= 11 is 0. The summed E-state index contributed by atoms with van der Waals surface area (Å²) in [5.41, 5.74) is 0.891. The van der Waals surface area contributed by atoms with Crippen molar-refractivity contribution in [2.24, 2.45) is 0 Å². The van der Waals surface area contributed by atoms with Crippen LogP contribution in [0.2, 0.25) is 0 Å². The highest BCUT2D eigenvalue weighted by atomic mass is 16.2. The van der Waals surface area contributed by atoms with Crippen LogP contribution in [0.3, 0.4) is 0 Å². The SMILES string of the molecule is C/C=C\CC1(c2ccccc2)CN(C2CCN(C)C2)C(=O)N1. The van der Waals surface area contributed by atoms with Gasteiger partial charge in [-0.05, 0) is 38.9 Å². The highest BCUT2D eigenvalue weighted by molar-refractivity contribution is 5.79. The molecule has 2 fully saturated rings. The highest BCUT2D eigenvalue weighted by Gasteiger charge is 2.46. The number of nitrogens with zero attached hydrogens (tertiary/aromatic N) is 2. The third-order valence-corrected chi connectivity index (χ3v) is 4.88. The van der Waals surface area contributed by atoms with E-state index in [0.29, 0.717) is 6.04 Å². The lowest BCUT2D eigenvalue weighted by Crippen LogP contribution is -2.40. The second-order valence-electron chi connectivity index (χ2n) is 6.48. The fourth-order valence-corrected chi connectivity index (χ4v) is 3.61. The van der Waals surface area contributed by atoms with Crippen molar-refractivity contribution in [1.29, 1.82) is 0 Å². The molecule has 2 saturated heterocycles. The molecule has 2 heterocycles. The zero-order chi connectivity index (χ0) is 15.6. The third-order valence-electron chi connectivity index (χ3n) is 4.88. The molecule has 4 heteroatoms. The minimum Gasteiger partial charge on any atom is -0.326 e. The summed E-state index contributed by atoms with van der Waals surface area (Å²) in [5, 5.41) is 3.28. The van der Waals surface area contributed by atoms with Gasteiger partial charge in [-0.25, -0.2) is 4.79 Å². The van der Waals surface area contributed by atoms with E-state index in [-0.39, 0.29) is 11.6 Å². The van der Waals surface area contributed by atoms with Crippen LogP contribution >= 0.6 is 0 Å². The van der Waals surface area contributed by atoms with Crippen molar-refractivity contribution < 1.29 is 4.79 Å². The van der Waals surface area contributed by atoms with E-state index in [1.807, 2.05) is 30.0 Å². The van der Waals surface area contributed by atoms with Crippen LogP contribution in [0.4, 0.5) is 4.79 Å². The molecule has 0 bridgehead atoms. The van der Waals surface area contributed by atoms with Crippen LogP contribution in [-0.4, -0.2) is 48.6 Å². The molecule has 2 aliphatic heterocycles. The monoisotopic (exact) mass is 299 g/mol. The zero-order valence-electron chi connectivity index (χ0n) is 13.5. The van der Waals surface area contributed by atoms with Crippen molar-refractivity contribution in [3.63, 3.8) is 0 Å². The van der Waals surface area contributed by atoms with Gasteiger partial charge >= 0.3 is 6.03 Å². The Labute approximate surface area is 132 Å². The number of allylic oxidation sites excluding steroid dienone is 1. The van der Waals surface area contributed by atoms with Crippen molar-refractivity contribution in [2.45, 2.75) is 31.3 Å². The number of rotatable bonds is 4. The van der Waals surface area contributed by atoms with Gasteiger partial charge < -0.3 is 15.1 Å². The summed E-state index contributed by atoms with van der Waals surface area (Å²) < 4.78 is 0. The molecule has 1 aromatic carbocycles. The Hall–Kier alpha value is -1.81. The van der Waals surface area contributed by atoms with Gasteiger partial charge in [0.1, 0.15) is 0 Å². The fourth-order valence-electron chi connectivity index (χ4n) is 3.61. The molecule has 118 valence electrons. The largest absolute Gasteiger partial charge is 0.326 e. The van der Waals surface area contributed by atoms with Gasteiger partial charge in [-0.1, -0.05) is 42.5 Å². The van der Waals surface area contributed by atoms with Crippen LogP contribution in [0.15, 0.2) is 42.5 Å². The Morgan fingerprint density at radius 2 is 2.14 bits per heavy atom. The van der Waals surface area contributed by atoms with E-state index in [1.54, 1.807) is 0 Å². The molecule has 1 N–H and O–H groups in total. The summed E-state index contributed by atoms with van der Waals surface area (Å²) in [7, 11) is 2.12. The van der Waals surface area contributed by atoms with Gasteiger partial charge in [-0.3, -0.25) is 0 Å². The maximum absolute atomic E-state index is 12.6. The van der Waals surface area contributed by atoms with Gasteiger partial charge in [0.05, 0.1) is 12.1 Å². The zero-order valence-corrected chi connectivity index (χ0v) is 13.5. The number of hydrogen-bond donors (Lipinski definition) is 1. The maximum atomic E-state index is 12.6. The summed E-state index contributed by atoms with van der Waals surface area (Å²) in [5.74, 6) is 0. The van der Waals surface area contributed by atoms with E-state index < -0.39 is 0 Å². The lowest BCUT2D eigenvalue weighted by atomic mass is 9.87. The normalized spacial score (nSPS) is 29.5. The second kappa shape index (κ2) is 6.13. The van der Waals surface area contributed by atoms with E-state index in [2.05, 4.69) is 41.5 Å². The number of amides is 2. The van der Waals surface area contributed by atoms with Crippen molar-refractivity contribution in [3.05, 3.63) is 48.0 Å². The Kier molecular flexibility index (Phi) is 4.21. The number of nitrogens with one attached hydrogen (secondary N) is 1. The van der Waals surface area contributed by atoms with Crippen molar-refractivity contribution in [1.82, 2.24) is 15.1 Å². The number of benzene rings is 1. The first kappa shape index (κ1) is 15.1. The molecule has 0 aliphatic carbocycles. The highest BCUT2D eigenvalue weighted by Crippen LogP contribution is 2.33. The molecule has 0 saturated carbocycles. The van der Waals surface area contributed by atoms with Crippen molar-refractivity contribution in [3.8, 4) is 0 Å². The molecule has 22 heavy (non-hydrogen) atoms. The summed E-state index contributed by atoms with van der Waals surface area (Å²) in [4.78, 5) is 16.9. The number of likely N-dealkylation sites (tertiary alicyclic amines) is 1. The molecule has 2 amide bonds. The van der Waals surface area contributed by atoms with Gasteiger partial charge in [0.2, 0.25) is 0 Å².